The lowest BCUT2D eigenvalue weighted by molar-refractivity contribution is 0.0620. The van der Waals surface area contributed by atoms with Gasteiger partial charge in [0.2, 0.25) is 0 Å². The summed E-state index contributed by atoms with van der Waals surface area (Å²) in [6, 6.07) is 7.68. The number of benzene rings is 1. The molecule has 2 rings (SSSR count). The van der Waals surface area contributed by atoms with E-state index in [1.165, 1.54) is 0 Å². The monoisotopic (exact) mass is 233 g/mol. The Kier molecular flexibility index (Phi) is 3.79. The molecular formula is C14H19NO2. The van der Waals surface area contributed by atoms with E-state index in [9.17, 15) is 4.79 Å². The summed E-state index contributed by atoms with van der Waals surface area (Å²) in [7, 11) is 0. The number of amides is 1. The molecule has 0 aliphatic carbocycles. The topological polar surface area (TPSA) is 40.5 Å². The summed E-state index contributed by atoms with van der Waals surface area (Å²) < 4.78 is 0. The molecular weight excluding hydrogens is 214 g/mol. The molecule has 92 valence electrons. The van der Waals surface area contributed by atoms with Gasteiger partial charge in [-0.2, -0.15) is 0 Å². The normalized spacial score (nSPS) is 20.4. The Bertz CT molecular complexity index is 403. The van der Waals surface area contributed by atoms with Gasteiger partial charge in [-0.25, -0.2) is 0 Å². The Balaban J connectivity index is 2.09. The average Bonchev–Trinajstić information content (AvgIpc) is 2.38. The number of carbonyl (C=O) groups excluding carboxylic acids is 1. The maximum atomic E-state index is 12.3. The molecule has 0 saturated carbocycles. The maximum absolute atomic E-state index is 12.3. The molecule has 1 amide bonds. The van der Waals surface area contributed by atoms with Crippen LogP contribution in [0.25, 0.3) is 0 Å². The third kappa shape index (κ3) is 2.86. The van der Waals surface area contributed by atoms with Crippen LogP contribution in [0.3, 0.4) is 0 Å². The molecule has 1 heterocycles. The Morgan fingerprint density at radius 3 is 3.06 bits per heavy atom. The van der Waals surface area contributed by atoms with Crippen LogP contribution in [0.15, 0.2) is 24.3 Å². The molecule has 1 aliphatic heterocycles. The number of hydrogen-bond acceptors (Lipinski definition) is 2. The molecule has 3 nitrogen and oxygen atoms in total. The minimum Gasteiger partial charge on any atom is -0.396 e. The zero-order valence-electron chi connectivity index (χ0n) is 10.2. The fraction of sp³-hybridized carbons (Fsp3) is 0.500. The number of rotatable bonds is 2. The van der Waals surface area contributed by atoms with Gasteiger partial charge in [-0.05, 0) is 37.8 Å². The van der Waals surface area contributed by atoms with Crippen molar-refractivity contribution in [2.24, 2.45) is 5.92 Å². The van der Waals surface area contributed by atoms with Crippen LogP contribution in [0.5, 0.6) is 0 Å². The summed E-state index contributed by atoms with van der Waals surface area (Å²) in [5.41, 5.74) is 1.86. The third-order valence-corrected chi connectivity index (χ3v) is 3.33. The predicted molar refractivity (Wildman–Crippen MR) is 66.9 cm³/mol. The van der Waals surface area contributed by atoms with Crippen LogP contribution in [0.1, 0.15) is 28.8 Å². The first-order valence-electron chi connectivity index (χ1n) is 6.17. The van der Waals surface area contributed by atoms with Crippen LogP contribution in [-0.2, 0) is 0 Å². The predicted octanol–water partition coefficient (Wildman–Crippen LogP) is 1.84. The SMILES string of the molecule is Cc1cccc(C(=O)N2CCCC(CO)C2)c1. The molecule has 17 heavy (non-hydrogen) atoms. The van der Waals surface area contributed by atoms with Gasteiger partial charge in [0.15, 0.2) is 0 Å². The summed E-state index contributed by atoms with van der Waals surface area (Å²) in [6.07, 6.45) is 2.01. The minimum atomic E-state index is 0.0897. The molecule has 1 fully saturated rings. The van der Waals surface area contributed by atoms with Gasteiger partial charge in [-0.3, -0.25) is 4.79 Å². The van der Waals surface area contributed by atoms with Gasteiger partial charge in [-0.15, -0.1) is 0 Å². The van der Waals surface area contributed by atoms with Gasteiger partial charge >= 0.3 is 0 Å². The van der Waals surface area contributed by atoms with Crippen LogP contribution < -0.4 is 0 Å². The van der Waals surface area contributed by atoms with E-state index in [1.54, 1.807) is 0 Å². The van der Waals surface area contributed by atoms with Crippen molar-refractivity contribution >= 4 is 5.91 Å². The number of aliphatic hydroxyl groups excluding tert-OH is 1. The van der Waals surface area contributed by atoms with E-state index in [0.717, 1.165) is 30.5 Å². The van der Waals surface area contributed by atoms with E-state index in [1.807, 2.05) is 36.1 Å². The van der Waals surface area contributed by atoms with Crippen molar-refractivity contribution in [3.05, 3.63) is 35.4 Å². The van der Waals surface area contributed by atoms with Crippen molar-refractivity contribution in [1.29, 1.82) is 0 Å². The number of aryl methyl sites for hydroxylation is 1. The molecule has 0 radical (unpaired) electrons. The second-order valence-electron chi connectivity index (χ2n) is 4.81. The molecule has 1 saturated heterocycles. The van der Waals surface area contributed by atoms with Crippen LogP contribution in [-0.4, -0.2) is 35.6 Å². The molecule has 1 atom stereocenters. The number of piperidine rings is 1. The van der Waals surface area contributed by atoms with Gasteiger partial charge in [0.25, 0.3) is 5.91 Å². The highest BCUT2D eigenvalue weighted by Gasteiger charge is 2.23. The lowest BCUT2D eigenvalue weighted by atomic mass is 9.98. The largest absolute Gasteiger partial charge is 0.396 e. The molecule has 3 heteroatoms. The van der Waals surface area contributed by atoms with Crippen molar-refractivity contribution in [2.45, 2.75) is 19.8 Å². The average molecular weight is 233 g/mol. The van der Waals surface area contributed by atoms with Crippen molar-refractivity contribution in [2.75, 3.05) is 19.7 Å². The smallest absolute Gasteiger partial charge is 0.253 e. The first-order chi connectivity index (χ1) is 8.20. The highest BCUT2D eigenvalue weighted by molar-refractivity contribution is 5.94. The maximum Gasteiger partial charge on any atom is 0.253 e. The van der Waals surface area contributed by atoms with Crippen molar-refractivity contribution in [1.82, 2.24) is 4.90 Å². The first-order valence-corrected chi connectivity index (χ1v) is 6.17. The van der Waals surface area contributed by atoms with Gasteiger partial charge in [0, 0.05) is 25.3 Å². The number of aliphatic hydroxyl groups is 1. The summed E-state index contributed by atoms with van der Waals surface area (Å²) in [6.45, 7) is 3.66. The van der Waals surface area contributed by atoms with E-state index >= 15 is 0 Å². The van der Waals surface area contributed by atoms with Gasteiger partial charge in [0.05, 0.1) is 0 Å². The third-order valence-electron chi connectivity index (χ3n) is 3.33. The molecule has 0 aromatic heterocycles. The van der Waals surface area contributed by atoms with Gasteiger partial charge in [-0.1, -0.05) is 17.7 Å². The Labute approximate surface area is 102 Å². The summed E-state index contributed by atoms with van der Waals surface area (Å²) in [5, 5.41) is 9.17. The van der Waals surface area contributed by atoms with E-state index in [-0.39, 0.29) is 18.4 Å². The Morgan fingerprint density at radius 1 is 1.53 bits per heavy atom. The van der Waals surface area contributed by atoms with Crippen LogP contribution in [0.4, 0.5) is 0 Å². The molecule has 0 bridgehead atoms. The van der Waals surface area contributed by atoms with E-state index in [4.69, 9.17) is 5.11 Å². The van der Waals surface area contributed by atoms with Crippen molar-refractivity contribution in [3.8, 4) is 0 Å². The first kappa shape index (κ1) is 12.1. The standard InChI is InChI=1S/C14H19NO2/c1-11-4-2-6-13(8-11)14(17)15-7-3-5-12(9-15)10-16/h2,4,6,8,12,16H,3,5,7,9-10H2,1H3. The van der Waals surface area contributed by atoms with Crippen molar-refractivity contribution in [3.63, 3.8) is 0 Å². The number of likely N-dealkylation sites (tertiary alicyclic amines) is 1. The molecule has 1 unspecified atom stereocenters. The highest BCUT2D eigenvalue weighted by atomic mass is 16.3. The van der Waals surface area contributed by atoms with Gasteiger partial charge < -0.3 is 10.0 Å². The van der Waals surface area contributed by atoms with Gasteiger partial charge in [0.1, 0.15) is 0 Å². The van der Waals surface area contributed by atoms with Crippen LogP contribution in [0, 0.1) is 12.8 Å². The summed E-state index contributed by atoms with van der Waals surface area (Å²) >= 11 is 0. The lowest BCUT2D eigenvalue weighted by Crippen LogP contribution is -2.40. The molecule has 0 spiro atoms. The number of carbonyl (C=O) groups is 1. The molecule has 1 N–H and O–H groups in total. The molecule has 1 aromatic rings. The lowest BCUT2D eigenvalue weighted by Gasteiger charge is -2.32. The zero-order valence-corrected chi connectivity index (χ0v) is 10.2. The van der Waals surface area contributed by atoms with E-state index in [2.05, 4.69) is 0 Å². The number of hydrogen-bond donors (Lipinski definition) is 1. The number of nitrogens with zero attached hydrogens (tertiary/aromatic N) is 1. The Hall–Kier alpha value is -1.35. The zero-order chi connectivity index (χ0) is 12.3. The minimum absolute atomic E-state index is 0.0897. The molecule has 1 aromatic carbocycles. The second-order valence-corrected chi connectivity index (χ2v) is 4.81. The Morgan fingerprint density at radius 2 is 2.35 bits per heavy atom. The van der Waals surface area contributed by atoms with E-state index < -0.39 is 0 Å². The molecule has 1 aliphatic rings. The fourth-order valence-electron chi connectivity index (χ4n) is 2.36. The summed E-state index contributed by atoms with van der Waals surface area (Å²) in [4.78, 5) is 14.1. The summed E-state index contributed by atoms with van der Waals surface area (Å²) in [5.74, 6) is 0.337. The highest BCUT2D eigenvalue weighted by Crippen LogP contribution is 2.18. The van der Waals surface area contributed by atoms with Crippen LogP contribution in [0.2, 0.25) is 0 Å². The quantitative estimate of drug-likeness (QED) is 0.846. The van der Waals surface area contributed by atoms with Crippen LogP contribution >= 0.6 is 0 Å². The fourth-order valence-corrected chi connectivity index (χ4v) is 2.36. The van der Waals surface area contributed by atoms with E-state index in [0.29, 0.717) is 6.54 Å². The van der Waals surface area contributed by atoms with Crippen molar-refractivity contribution < 1.29 is 9.90 Å². The second kappa shape index (κ2) is 5.32.